The molecular weight excluding hydrogens is 324 g/mol. The van der Waals surface area contributed by atoms with Crippen LogP contribution in [0.25, 0.3) is 6.08 Å². The molecular formula is C17H16N4O4. The summed E-state index contributed by atoms with van der Waals surface area (Å²) in [4.78, 5) is 33.3. The van der Waals surface area contributed by atoms with Crippen LogP contribution in [0.5, 0.6) is 0 Å². The quantitative estimate of drug-likeness (QED) is 0.441. The van der Waals surface area contributed by atoms with Gasteiger partial charge in [-0.25, -0.2) is 4.79 Å². The third kappa shape index (κ3) is 5.47. The smallest absolute Gasteiger partial charge is 0.318 e. The number of carbonyl (C=O) groups excluding carboxylic acids is 2. The summed E-state index contributed by atoms with van der Waals surface area (Å²) in [5.74, 6) is -0.376. The normalized spacial score (nSPS) is 10.3. The van der Waals surface area contributed by atoms with Gasteiger partial charge in [-0.1, -0.05) is 12.1 Å². The molecule has 3 amide bonds. The van der Waals surface area contributed by atoms with Crippen molar-refractivity contribution in [3.63, 3.8) is 0 Å². The van der Waals surface area contributed by atoms with E-state index in [4.69, 9.17) is 0 Å². The lowest BCUT2D eigenvalue weighted by atomic mass is 10.2. The molecule has 0 fully saturated rings. The topological polar surface area (TPSA) is 113 Å². The lowest BCUT2D eigenvalue weighted by molar-refractivity contribution is -0.384. The fourth-order valence-corrected chi connectivity index (χ4v) is 1.93. The minimum absolute atomic E-state index is 0.0400. The van der Waals surface area contributed by atoms with Crippen molar-refractivity contribution in [3.8, 4) is 0 Å². The van der Waals surface area contributed by atoms with Crippen molar-refractivity contribution in [1.82, 2.24) is 5.32 Å². The van der Waals surface area contributed by atoms with Gasteiger partial charge in [0.1, 0.15) is 0 Å². The summed E-state index contributed by atoms with van der Waals surface area (Å²) in [5, 5.41) is 18.4. The van der Waals surface area contributed by atoms with Gasteiger partial charge in [-0.05, 0) is 35.9 Å². The molecule has 0 atom stereocenters. The van der Waals surface area contributed by atoms with E-state index < -0.39 is 4.92 Å². The van der Waals surface area contributed by atoms with E-state index >= 15 is 0 Å². The zero-order chi connectivity index (χ0) is 18.2. The van der Waals surface area contributed by atoms with Crippen LogP contribution in [0.15, 0.2) is 54.6 Å². The molecule has 0 aliphatic carbocycles. The van der Waals surface area contributed by atoms with Crippen LogP contribution in [0.4, 0.5) is 21.9 Å². The number of hydrogen-bond acceptors (Lipinski definition) is 4. The molecule has 0 spiro atoms. The van der Waals surface area contributed by atoms with Crippen LogP contribution in [0.3, 0.4) is 0 Å². The molecule has 0 aromatic heterocycles. The second-order valence-corrected chi connectivity index (χ2v) is 4.96. The first-order valence-corrected chi connectivity index (χ1v) is 7.30. The van der Waals surface area contributed by atoms with E-state index in [1.165, 1.54) is 31.3 Å². The predicted molar refractivity (Wildman–Crippen MR) is 95.3 cm³/mol. The molecule has 0 radical (unpaired) electrons. The second kappa shape index (κ2) is 8.25. The molecule has 8 nitrogen and oxygen atoms in total. The van der Waals surface area contributed by atoms with Crippen molar-refractivity contribution in [1.29, 1.82) is 0 Å². The van der Waals surface area contributed by atoms with Crippen LogP contribution in [0, 0.1) is 10.1 Å². The monoisotopic (exact) mass is 340 g/mol. The third-order valence-corrected chi connectivity index (χ3v) is 3.15. The first kappa shape index (κ1) is 17.7. The van der Waals surface area contributed by atoms with Gasteiger partial charge in [0.25, 0.3) is 5.69 Å². The van der Waals surface area contributed by atoms with E-state index in [1.54, 1.807) is 36.4 Å². The Kier molecular flexibility index (Phi) is 5.83. The number of carbonyl (C=O) groups is 2. The fraction of sp³-hybridized carbons (Fsp3) is 0.0588. The Morgan fingerprint density at radius 1 is 1.04 bits per heavy atom. The summed E-state index contributed by atoms with van der Waals surface area (Å²) in [6, 6.07) is 12.2. The van der Waals surface area contributed by atoms with Crippen LogP contribution < -0.4 is 16.0 Å². The van der Waals surface area contributed by atoms with Gasteiger partial charge in [0, 0.05) is 36.6 Å². The molecule has 0 aliphatic rings. The number of nitrogens with one attached hydrogen (secondary N) is 3. The van der Waals surface area contributed by atoms with Gasteiger partial charge < -0.3 is 16.0 Å². The van der Waals surface area contributed by atoms with Gasteiger partial charge in [0.05, 0.1) is 4.92 Å². The number of rotatable bonds is 5. The minimum atomic E-state index is -0.494. The van der Waals surface area contributed by atoms with E-state index in [-0.39, 0.29) is 17.6 Å². The van der Waals surface area contributed by atoms with Crippen molar-refractivity contribution < 1.29 is 14.5 Å². The largest absolute Gasteiger partial charge is 0.341 e. The number of nitro groups is 1. The summed E-state index contributed by atoms with van der Waals surface area (Å²) in [7, 11) is 1.51. The zero-order valence-electron chi connectivity index (χ0n) is 13.4. The fourth-order valence-electron chi connectivity index (χ4n) is 1.93. The number of benzene rings is 2. The van der Waals surface area contributed by atoms with Crippen LogP contribution in [0.1, 0.15) is 5.56 Å². The zero-order valence-corrected chi connectivity index (χ0v) is 13.4. The van der Waals surface area contributed by atoms with Crippen LogP contribution in [0.2, 0.25) is 0 Å². The number of hydrogen-bond donors (Lipinski definition) is 3. The summed E-state index contributed by atoms with van der Waals surface area (Å²) in [6.07, 6.45) is 2.78. The third-order valence-electron chi connectivity index (χ3n) is 3.15. The average Bonchev–Trinajstić information content (AvgIpc) is 2.61. The lowest BCUT2D eigenvalue weighted by Crippen LogP contribution is -2.24. The van der Waals surface area contributed by atoms with Gasteiger partial charge in [0.2, 0.25) is 5.91 Å². The Balaban J connectivity index is 1.96. The van der Waals surface area contributed by atoms with E-state index in [1.807, 2.05) is 0 Å². The second-order valence-electron chi connectivity index (χ2n) is 4.96. The molecule has 2 aromatic rings. The summed E-state index contributed by atoms with van der Waals surface area (Å²) in [5.41, 5.74) is 1.65. The Morgan fingerprint density at radius 2 is 1.68 bits per heavy atom. The van der Waals surface area contributed by atoms with Crippen LogP contribution >= 0.6 is 0 Å². The number of urea groups is 1. The SMILES string of the molecule is CNC(=O)Nc1ccc(NC(=O)/C=C/c2cccc([N+](=O)[O-])c2)cc1. The van der Waals surface area contributed by atoms with Gasteiger partial charge in [-0.2, -0.15) is 0 Å². The molecule has 3 N–H and O–H groups in total. The molecule has 2 aromatic carbocycles. The molecule has 0 saturated heterocycles. The number of amides is 3. The highest BCUT2D eigenvalue weighted by Gasteiger charge is 2.04. The first-order valence-electron chi connectivity index (χ1n) is 7.30. The summed E-state index contributed by atoms with van der Waals surface area (Å²) in [6.45, 7) is 0. The van der Waals surface area contributed by atoms with E-state index in [2.05, 4.69) is 16.0 Å². The van der Waals surface area contributed by atoms with Gasteiger partial charge in [-0.15, -0.1) is 0 Å². The van der Waals surface area contributed by atoms with Gasteiger partial charge in [-0.3, -0.25) is 14.9 Å². The molecule has 0 heterocycles. The van der Waals surface area contributed by atoms with Crippen LogP contribution in [-0.2, 0) is 4.79 Å². The highest BCUT2D eigenvalue weighted by atomic mass is 16.6. The predicted octanol–water partition coefficient (Wildman–Crippen LogP) is 3.00. The maximum Gasteiger partial charge on any atom is 0.318 e. The summed E-state index contributed by atoms with van der Waals surface area (Å²) < 4.78 is 0. The highest BCUT2D eigenvalue weighted by molar-refractivity contribution is 6.02. The van der Waals surface area contributed by atoms with Gasteiger partial charge >= 0.3 is 6.03 Å². The minimum Gasteiger partial charge on any atom is -0.341 e. The highest BCUT2D eigenvalue weighted by Crippen LogP contribution is 2.15. The molecule has 8 heteroatoms. The maximum absolute atomic E-state index is 11.9. The van der Waals surface area contributed by atoms with Crippen molar-refractivity contribution in [2.75, 3.05) is 17.7 Å². The van der Waals surface area contributed by atoms with Crippen molar-refractivity contribution in [2.45, 2.75) is 0 Å². The number of anilines is 2. The average molecular weight is 340 g/mol. The lowest BCUT2D eigenvalue weighted by Gasteiger charge is -2.06. The molecule has 25 heavy (non-hydrogen) atoms. The van der Waals surface area contributed by atoms with Crippen molar-refractivity contribution in [3.05, 3.63) is 70.3 Å². The maximum atomic E-state index is 11.9. The Bertz CT molecular complexity index is 816. The van der Waals surface area contributed by atoms with E-state index in [0.717, 1.165) is 0 Å². The first-order chi connectivity index (χ1) is 12.0. The Morgan fingerprint density at radius 3 is 2.28 bits per heavy atom. The number of non-ortho nitro benzene ring substituents is 1. The van der Waals surface area contributed by atoms with Crippen molar-refractivity contribution >= 4 is 35.1 Å². The van der Waals surface area contributed by atoms with Crippen molar-refractivity contribution in [2.24, 2.45) is 0 Å². The molecule has 0 aliphatic heterocycles. The van der Waals surface area contributed by atoms with Gasteiger partial charge in [0.15, 0.2) is 0 Å². The summed E-state index contributed by atoms with van der Waals surface area (Å²) >= 11 is 0. The molecule has 2 rings (SSSR count). The molecule has 0 unspecified atom stereocenters. The molecule has 0 saturated carbocycles. The molecule has 128 valence electrons. The number of nitro benzene ring substituents is 1. The standard InChI is InChI=1S/C17H16N4O4/c1-18-17(23)20-14-8-6-13(7-9-14)19-16(22)10-5-12-3-2-4-15(11-12)21(24)25/h2-11H,1H3,(H,19,22)(H2,18,20,23)/b10-5+. The van der Waals surface area contributed by atoms with Crippen LogP contribution in [-0.4, -0.2) is 23.9 Å². The Labute approximate surface area is 143 Å². The Hall–Kier alpha value is -3.68. The molecule has 0 bridgehead atoms. The number of nitrogens with zero attached hydrogens (tertiary/aromatic N) is 1. The van der Waals surface area contributed by atoms with E-state index in [0.29, 0.717) is 16.9 Å². The van der Waals surface area contributed by atoms with E-state index in [9.17, 15) is 19.7 Å².